The van der Waals surface area contributed by atoms with Crippen LogP contribution in [0.5, 0.6) is 0 Å². The summed E-state index contributed by atoms with van der Waals surface area (Å²) in [5, 5.41) is 0.893. The number of rotatable bonds is 2. The Balaban J connectivity index is 1.76. The van der Waals surface area contributed by atoms with E-state index in [1.165, 1.54) is 0 Å². The van der Waals surface area contributed by atoms with Crippen LogP contribution in [0.2, 0.25) is 0 Å². The first-order chi connectivity index (χ1) is 10.7. The molecule has 1 N–H and O–H groups in total. The van der Waals surface area contributed by atoms with Gasteiger partial charge in [-0.2, -0.15) is 16.1 Å². The average Bonchev–Trinajstić information content (AvgIpc) is 2.99. The lowest BCUT2D eigenvalue weighted by molar-refractivity contribution is 0.0625. The van der Waals surface area contributed by atoms with Gasteiger partial charge in [-0.05, 0) is 18.6 Å². The zero-order valence-corrected chi connectivity index (χ0v) is 13.6. The zero-order chi connectivity index (χ0) is 15.2. The van der Waals surface area contributed by atoms with Crippen molar-refractivity contribution in [1.29, 1.82) is 0 Å². The lowest BCUT2D eigenvalue weighted by atomic mass is 10.1. The van der Waals surface area contributed by atoms with Crippen molar-refractivity contribution >= 4 is 32.8 Å². The average molecular weight is 339 g/mol. The number of H-pyrrole nitrogens is 1. The van der Waals surface area contributed by atoms with Crippen LogP contribution in [0.4, 0.5) is 0 Å². The van der Waals surface area contributed by atoms with Crippen molar-refractivity contribution in [1.82, 2.24) is 14.3 Å². The minimum Gasteiger partial charge on any atom is -0.380 e. The summed E-state index contributed by atoms with van der Waals surface area (Å²) in [7, 11) is -3.52. The lowest BCUT2D eigenvalue weighted by Gasteiger charge is -2.42. The number of hydrogen-bond acceptors (Lipinski definition) is 5. The molecule has 2 aliphatic heterocycles. The van der Waals surface area contributed by atoms with Gasteiger partial charge in [-0.25, -0.2) is 13.4 Å². The minimum atomic E-state index is -3.52. The number of hydrogen-bond donors (Lipinski definition) is 1. The van der Waals surface area contributed by atoms with Crippen LogP contribution in [0, 0.1) is 0 Å². The van der Waals surface area contributed by atoms with Gasteiger partial charge in [0.05, 0.1) is 6.61 Å². The van der Waals surface area contributed by atoms with Crippen molar-refractivity contribution in [2.75, 3.05) is 25.5 Å². The molecule has 0 radical (unpaired) electrons. The predicted molar refractivity (Wildman–Crippen MR) is 85.5 cm³/mol. The maximum Gasteiger partial charge on any atom is 0.245 e. The smallest absolute Gasteiger partial charge is 0.245 e. The van der Waals surface area contributed by atoms with Crippen LogP contribution >= 0.6 is 11.8 Å². The van der Waals surface area contributed by atoms with Gasteiger partial charge in [0, 0.05) is 48.0 Å². The molecule has 22 heavy (non-hydrogen) atoms. The number of sulfonamides is 1. The molecule has 2 fully saturated rings. The Hall–Kier alpha value is -1.09. The number of ether oxygens (including phenoxy) is 1. The highest BCUT2D eigenvalue weighted by Crippen LogP contribution is 2.35. The largest absolute Gasteiger partial charge is 0.380 e. The molecule has 2 aliphatic rings. The van der Waals surface area contributed by atoms with Gasteiger partial charge in [-0.3, -0.25) is 0 Å². The molecule has 2 atom stereocenters. The van der Waals surface area contributed by atoms with E-state index in [4.69, 9.17) is 4.74 Å². The van der Waals surface area contributed by atoms with Crippen LogP contribution in [-0.4, -0.2) is 59.5 Å². The van der Waals surface area contributed by atoms with Crippen molar-refractivity contribution in [3.63, 3.8) is 0 Å². The summed E-state index contributed by atoms with van der Waals surface area (Å²) in [6, 6.07) is 3.59. The third kappa shape index (κ3) is 2.25. The van der Waals surface area contributed by atoms with Gasteiger partial charge < -0.3 is 9.72 Å². The van der Waals surface area contributed by atoms with E-state index in [1.54, 1.807) is 28.8 Å². The zero-order valence-electron chi connectivity index (χ0n) is 11.9. The first-order valence-corrected chi connectivity index (χ1v) is 9.80. The Morgan fingerprint density at radius 1 is 1.45 bits per heavy atom. The molecule has 8 heteroatoms. The van der Waals surface area contributed by atoms with E-state index in [-0.39, 0.29) is 11.3 Å². The van der Waals surface area contributed by atoms with E-state index in [0.29, 0.717) is 35.7 Å². The molecular weight excluding hydrogens is 322 g/mol. The molecule has 2 saturated heterocycles. The lowest BCUT2D eigenvalue weighted by Crippen LogP contribution is -2.54. The van der Waals surface area contributed by atoms with E-state index >= 15 is 0 Å². The van der Waals surface area contributed by atoms with Gasteiger partial charge in [-0.15, -0.1) is 0 Å². The van der Waals surface area contributed by atoms with Gasteiger partial charge in [0.1, 0.15) is 10.5 Å². The van der Waals surface area contributed by atoms with E-state index in [9.17, 15) is 8.42 Å². The molecule has 0 aromatic carbocycles. The Morgan fingerprint density at radius 3 is 3.27 bits per heavy atom. The molecular formula is C14H17N3O3S2. The molecule has 6 nitrogen and oxygen atoms in total. The molecule has 0 aliphatic carbocycles. The standard InChI is InChI=1S/C14H17N3O3S2/c18-22(19,13-8-16-14-10(13)2-1-4-15-14)17-5-7-21-12-9-20-6-3-11(12)17/h1-2,4,8,11-12H,3,5-7,9H2,(H,15,16)/t11-,12+/m0/s1. The molecule has 0 saturated carbocycles. The normalized spacial score (nSPS) is 26.9. The van der Waals surface area contributed by atoms with Gasteiger partial charge in [0.25, 0.3) is 0 Å². The molecule has 4 rings (SSSR count). The van der Waals surface area contributed by atoms with E-state index < -0.39 is 10.0 Å². The topological polar surface area (TPSA) is 75.3 Å². The summed E-state index contributed by atoms with van der Waals surface area (Å²) in [5.41, 5.74) is 0.607. The number of pyridine rings is 1. The summed E-state index contributed by atoms with van der Waals surface area (Å²) in [6.07, 6.45) is 3.97. The van der Waals surface area contributed by atoms with Crippen molar-refractivity contribution < 1.29 is 13.2 Å². The van der Waals surface area contributed by atoms with Crippen molar-refractivity contribution in [3.8, 4) is 0 Å². The quantitative estimate of drug-likeness (QED) is 0.896. The Morgan fingerprint density at radius 2 is 2.36 bits per heavy atom. The summed E-state index contributed by atoms with van der Waals surface area (Å²) >= 11 is 1.82. The number of fused-ring (bicyclic) bond motifs is 2. The second kappa shape index (κ2) is 5.52. The van der Waals surface area contributed by atoms with Gasteiger partial charge in [0.15, 0.2) is 0 Å². The van der Waals surface area contributed by atoms with Crippen LogP contribution in [0.3, 0.4) is 0 Å². The van der Waals surface area contributed by atoms with Crippen LogP contribution in [0.1, 0.15) is 6.42 Å². The van der Waals surface area contributed by atoms with Crippen LogP contribution in [0.25, 0.3) is 11.0 Å². The van der Waals surface area contributed by atoms with Crippen LogP contribution in [0.15, 0.2) is 29.4 Å². The third-order valence-corrected chi connectivity index (χ3v) is 7.54. The molecule has 4 heterocycles. The summed E-state index contributed by atoms with van der Waals surface area (Å²) in [4.78, 5) is 7.46. The van der Waals surface area contributed by atoms with Crippen molar-refractivity contribution in [2.45, 2.75) is 22.6 Å². The van der Waals surface area contributed by atoms with Gasteiger partial charge >= 0.3 is 0 Å². The van der Waals surface area contributed by atoms with E-state index in [0.717, 1.165) is 12.2 Å². The van der Waals surface area contributed by atoms with Crippen LogP contribution < -0.4 is 0 Å². The molecule has 2 aromatic rings. The fraction of sp³-hybridized carbons (Fsp3) is 0.500. The maximum atomic E-state index is 13.1. The molecule has 118 valence electrons. The number of nitrogens with one attached hydrogen (secondary N) is 1. The minimum absolute atomic E-state index is 0.0270. The summed E-state index contributed by atoms with van der Waals surface area (Å²) < 4.78 is 33.5. The molecule has 0 amide bonds. The first-order valence-electron chi connectivity index (χ1n) is 7.31. The predicted octanol–water partition coefficient (Wildman–Crippen LogP) is 1.46. The number of nitrogens with zero attached hydrogens (tertiary/aromatic N) is 2. The monoisotopic (exact) mass is 339 g/mol. The third-order valence-electron chi connectivity index (χ3n) is 4.28. The number of aromatic amines is 1. The molecule has 0 unspecified atom stereocenters. The fourth-order valence-corrected chi connectivity index (χ4v) is 6.56. The van der Waals surface area contributed by atoms with Gasteiger partial charge in [0.2, 0.25) is 10.0 Å². The summed E-state index contributed by atoms with van der Waals surface area (Å²) in [5.74, 6) is 0.810. The second-order valence-electron chi connectivity index (χ2n) is 5.51. The fourth-order valence-electron chi connectivity index (χ4n) is 3.22. The van der Waals surface area contributed by atoms with E-state index in [2.05, 4.69) is 9.97 Å². The SMILES string of the molecule is O=S(=O)(c1c[nH]c2ncccc12)N1CCS[C@@H]2COCC[C@@H]21. The highest BCUT2D eigenvalue weighted by Gasteiger charge is 2.41. The highest BCUT2D eigenvalue weighted by atomic mass is 32.2. The number of aromatic nitrogens is 2. The van der Waals surface area contributed by atoms with E-state index in [1.807, 2.05) is 11.8 Å². The highest BCUT2D eigenvalue weighted by molar-refractivity contribution is 8.00. The Labute approximate surface area is 133 Å². The second-order valence-corrected chi connectivity index (χ2v) is 8.71. The first kappa shape index (κ1) is 14.5. The van der Waals surface area contributed by atoms with Crippen molar-refractivity contribution in [3.05, 3.63) is 24.5 Å². The van der Waals surface area contributed by atoms with Crippen LogP contribution in [-0.2, 0) is 14.8 Å². The maximum absolute atomic E-state index is 13.1. The summed E-state index contributed by atoms with van der Waals surface area (Å²) in [6.45, 7) is 1.82. The molecule has 0 bridgehead atoms. The van der Waals surface area contributed by atoms with Gasteiger partial charge in [-0.1, -0.05) is 0 Å². The van der Waals surface area contributed by atoms with Crippen molar-refractivity contribution in [2.24, 2.45) is 0 Å². The Bertz CT molecular complexity index is 787. The molecule has 0 spiro atoms. The Kier molecular flexibility index (Phi) is 3.64. The molecule has 2 aromatic heterocycles. The number of thioether (sulfide) groups is 1.